The SMILES string of the molecule is CCCOC(=O)C1CCn2cc(C)cc21. The summed E-state index contributed by atoms with van der Waals surface area (Å²) in [6.07, 6.45) is 3.87. The fraction of sp³-hybridized carbons (Fsp3) is 0.583. The Balaban J connectivity index is 2.09. The van der Waals surface area contributed by atoms with Gasteiger partial charge in [0, 0.05) is 18.4 Å². The van der Waals surface area contributed by atoms with Gasteiger partial charge in [-0.2, -0.15) is 0 Å². The second-order valence-corrected chi connectivity index (χ2v) is 4.14. The molecule has 0 fully saturated rings. The molecule has 1 aromatic heterocycles. The molecule has 2 heterocycles. The zero-order valence-electron chi connectivity index (χ0n) is 9.32. The first-order chi connectivity index (χ1) is 7.22. The number of esters is 1. The van der Waals surface area contributed by atoms with Crippen LogP contribution in [0.15, 0.2) is 12.3 Å². The minimum Gasteiger partial charge on any atom is -0.465 e. The van der Waals surface area contributed by atoms with Gasteiger partial charge in [0.1, 0.15) is 0 Å². The molecule has 3 nitrogen and oxygen atoms in total. The highest BCUT2D eigenvalue weighted by molar-refractivity contribution is 5.78. The minimum atomic E-state index is -0.0614. The average Bonchev–Trinajstić information content (AvgIpc) is 2.72. The van der Waals surface area contributed by atoms with Gasteiger partial charge in [-0.3, -0.25) is 4.79 Å². The number of rotatable bonds is 3. The lowest BCUT2D eigenvalue weighted by atomic mass is 10.0. The molecule has 0 spiro atoms. The Morgan fingerprint density at radius 1 is 1.67 bits per heavy atom. The summed E-state index contributed by atoms with van der Waals surface area (Å²) in [6.45, 7) is 5.54. The zero-order valence-corrected chi connectivity index (χ0v) is 9.32. The summed E-state index contributed by atoms with van der Waals surface area (Å²) in [7, 11) is 0. The summed E-state index contributed by atoms with van der Waals surface area (Å²) in [4.78, 5) is 11.7. The number of carbonyl (C=O) groups is 1. The summed E-state index contributed by atoms with van der Waals surface area (Å²) >= 11 is 0. The lowest BCUT2D eigenvalue weighted by molar-refractivity contribution is -0.145. The van der Waals surface area contributed by atoms with Crippen molar-refractivity contribution in [3.05, 3.63) is 23.5 Å². The molecule has 0 bridgehead atoms. The Labute approximate surface area is 90.0 Å². The molecule has 0 saturated heterocycles. The predicted molar refractivity (Wildman–Crippen MR) is 57.8 cm³/mol. The van der Waals surface area contributed by atoms with E-state index in [9.17, 15) is 4.79 Å². The highest BCUT2D eigenvalue weighted by Crippen LogP contribution is 2.30. The van der Waals surface area contributed by atoms with Crippen molar-refractivity contribution in [2.24, 2.45) is 0 Å². The van der Waals surface area contributed by atoms with E-state index in [1.807, 2.05) is 6.92 Å². The van der Waals surface area contributed by atoms with Crippen molar-refractivity contribution in [3.8, 4) is 0 Å². The van der Waals surface area contributed by atoms with E-state index >= 15 is 0 Å². The fourth-order valence-corrected chi connectivity index (χ4v) is 2.13. The summed E-state index contributed by atoms with van der Waals surface area (Å²) in [6, 6.07) is 2.09. The first-order valence-electron chi connectivity index (χ1n) is 5.55. The van der Waals surface area contributed by atoms with Crippen LogP contribution in [0.25, 0.3) is 0 Å². The van der Waals surface area contributed by atoms with E-state index in [-0.39, 0.29) is 11.9 Å². The highest BCUT2D eigenvalue weighted by Gasteiger charge is 2.30. The molecule has 15 heavy (non-hydrogen) atoms. The number of fused-ring (bicyclic) bond motifs is 1. The molecule has 0 saturated carbocycles. The lowest BCUT2D eigenvalue weighted by Gasteiger charge is -2.08. The molecular formula is C12H17NO2. The molecule has 82 valence electrons. The number of hydrogen-bond acceptors (Lipinski definition) is 2. The van der Waals surface area contributed by atoms with E-state index < -0.39 is 0 Å². The van der Waals surface area contributed by atoms with E-state index in [0.29, 0.717) is 6.61 Å². The van der Waals surface area contributed by atoms with Gasteiger partial charge < -0.3 is 9.30 Å². The third-order valence-corrected chi connectivity index (χ3v) is 2.82. The van der Waals surface area contributed by atoms with Gasteiger partial charge in [0.2, 0.25) is 0 Å². The maximum absolute atomic E-state index is 11.7. The monoisotopic (exact) mass is 207 g/mol. The fourth-order valence-electron chi connectivity index (χ4n) is 2.13. The van der Waals surface area contributed by atoms with Crippen molar-refractivity contribution >= 4 is 5.97 Å². The molecule has 1 aromatic rings. The van der Waals surface area contributed by atoms with Crippen molar-refractivity contribution in [1.29, 1.82) is 0 Å². The van der Waals surface area contributed by atoms with Gasteiger partial charge in [-0.25, -0.2) is 0 Å². The number of hydrogen-bond donors (Lipinski definition) is 0. The maximum atomic E-state index is 11.7. The highest BCUT2D eigenvalue weighted by atomic mass is 16.5. The molecular weight excluding hydrogens is 190 g/mol. The van der Waals surface area contributed by atoms with Crippen molar-refractivity contribution in [2.45, 2.75) is 39.2 Å². The largest absolute Gasteiger partial charge is 0.465 e. The van der Waals surface area contributed by atoms with Gasteiger partial charge in [0.15, 0.2) is 0 Å². The van der Waals surface area contributed by atoms with E-state index in [2.05, 4.69) is 23.8 Å². The minimum absolute atomic E-state index is 0.0368. The molecule has 0 radical (unpaired) electrons. The number of aryl methyl sites for hydroxylation is 2. The molecule has 1 atom stereocenters. The van der Waals surface area contributed by atoms with E-state index in [1.165, 1.54) is 5.56 Å². The van der Waals surface area contributed by atoms with Crippen LogP contribution in [0.1, 0.15) is 36.9 Å². The molecule has 3 heteroatoms. The van der Waals surface area contributed by atoms with Crippen LogP contribution >= 0.6 is 0 Å². The third-order valence-electron chi connectivity index (χ3n) is 2.82. The van der Waals surface area contributed by atoms with Gasteiger partial charge in [0.25, 0.3) is 0 Å². The van der Waals surface area contributed by atoms with Gasteiger partial charge in [0.05, 0.1) is 12.5 Å². The Morgan fingerprint density at radius 3 is 3.20 bits per heavy atom. The Hall–Kier alpha value is -1.25. The molecule has 0 N–H and O–H groups in total. The molecule has 0 amide bonds. The molecule has 1 aliphatic rings. The third kappa shape index (κ3) is 1.91. The summed E-state index contributed by atoms with van der Waals surface area (Å²) in [5.41, 5.74) is 2.34. The van der Waals surface area contributed by atoms with Crippen molar-refractivity contribution in [3.63, 3.8) is 0 Å². The first kappa shape index (κ1) is 10.3. The molecule has 0 aliphatic carbocycles. The van der Waals surface area contributed by atoms with Crippen molar-refractivity contribution in [1.82, 2.24) is 4.57 Å². The van der Waals surface area contributed by atoms with Crippen molar-refractivity contribution in [2.75, 3.05) is 6.61 Å². The van der Waals surface area contributed by atoms with Crippen LogP contribution in [0, 0.1) is 6.92 Å². The zero-order chi connectivity index (χ0) is 10.8. The second kappa shape index (κ2) is 4.09. The summed E-state index contributed by atoms with van der Waals surface area (Å²) in [5.74, 6) is -0.0982. The molecule has 1 aliphatic heterocycles. The van der Waals surface area contributed by atoms with Crippen LogP contribution in [0.5, 0.6) is 0 Å². The van der Waals surface area contributed by atoms with Gasteiger partial charge in [-0.05, 0) is 31.4 Å². The standard InChI is InChI=1S/C12H17NO2/c1-3-6-15-12(14)10-4-5-13-8-9(2)7-11(10)13/h7-8,10H,3-6H2,1-2H3. The predicted octanol–water partition coefficient (Wildman–Crippen LogP) is 2.24. The van der Waals surface area contributed by atoms with Crippen LogP contribution in [0.2, 0.25) is 0 Å². The van der Waals surface area contributed by atoms with E-state index in [1.54, 1.807) is 0 Å². The topological polar surface area (TPSA) is 31.2 Å². The Morgan fingerprint density at radius 2 is 2.47 bits per heavy atom. The smallest absolute Gasteiger partial charge is 0.315 e. The first-order valence-corrected chi connectivity index (χ1v) is 5.55. The number of ether oxygens (including phenoxy) is 1. The van der Waals surface area contributed by atoms with E-state index in [4.69, 9.17) is 4.74 Å². The molecule has 2 rings (SSSR count). The van der Waals surface area contributed by atoms with Crippen LogP contribution in [0.3, 0.4) is 0 Å². The average molecular weight is 207 g/mol. The number of aromatic nitrogens is 1. The van der Waals surface area contributed by atoms with Gasteiger partial charge in [-0.1, -0.05) is 6.92 Å². The van der Waals surface area contributed by atoms with Crippen LogP contribution in [-0.4, -0.2) is 17.1 Å². The van der Waals surface area contributed by atoms with Gasteiger partial charge >= 0.3 is 5.97 Å². The van der Waals surface area contributed by atoms with E-state index in [0.717, 1.165) is 25.1 Å². The second-order valence-electron chi connectivity index (χ2n) is 4.14. The lowest BCUT2D eigenvalue weighted by Crippen LogP contribution is -2.14. The van der Waals surface area contributed by atoms with Crippen LogP contribution in [0.4, 0.5) is 0 Å². The maximum Gasteiger partial charge on any atom is 0.315 e. The Kier molecular flexibility index (Phi) is 2.80. The quantitative estimate of drug-likeness (QED) is 0.712. The Bertz CT molecular complexity index is 368. The van der Waals surface area contributed by atoms with Crippen LogP contribution < -0.4 is 0 Å². The molecule has 1 unspecified atom stereocenters. The normalized spacial score (nSPS) is 18.9. The number of nitrogens with zero attached hydrogens (tertiary/aromatic N) is 1. The summed E-state index contributed by atoms with van der Waals surface area (Å²) < 4.78 is 7.35. The van der Waals surface area contributed by atoms with Crippen LogP contribution in [-0.2, 0) is 16.1 Å². The number of carbonyl (C=O) groups excluding carboxylic acids is 1. The van der Waals surface area contributed by atoms with Gasteiger partial charge in [-0.15, -0.1) is 0 Å². The van der Waals surface area contributed by atoms with Crippen molar-refractivity contribution < 1.29 is 9.53 Å². The molecule has 0 aromatic carbocycles. The summed E-state index contributed by atoms with van der Waals surface area (Å²) in [5, 5.41) is 0.